The van der Waals surface area contributed by atoms with Gasteiger partial charge in [-0.1, -0.05) is 23.9 Å². The summed E-state index contributed by atoms with van der Waals surface area (Å²) in [5.41, 5.74) is 0.565. The molecule has 1 saturated heterocycles. The summed E-state index contributed by atoms with van der Waals surface area (Å²) in [7, 11) is 0. The van der Waals surface area contributed by atoms with Gasteiger partial charge in [-0.2, -0.15) is 5.10 Å². The molecule has 0 spiro atoms. The Balaban J connectivity index is 2.07. The van der Waals surface area contributed by atoms with Crippen LogP contribution in [0.2, 0.25) is 0 Å². The molecule has 1 aromatic rings. The molecule has 0 aliphatic carbocycles. The molecule has 19 heavy (non-hydrogen) atoms. The number of rotatable bonds is 3. The SMILES string of the molecule is CC1SC(=NN=Cc2cccc([N+](=O)[O-])c2)NC1=O. The maximum Gasteiger partial charge on any atom is 0.270 e. The number of amidine groups is 1. The van der Waals surface area contributed by atoms with Gasteiger partial charge in [0.05, 0.1) is 16.4 Å². The molecule has 1 amide bonds. The Morgan fingerprint density at radius 3 is 2.95 bits per heavy atom. The van der Waals surface area contributed by atoms with Crippen molar-refractivity contribution in [1.82, 2.24) is 5.32 Å². The number of carbonyl (C=O) groups is 1. The highest BCUT2D eigenvalue weighted by molar-refractivity contribution is 8.15. The predicted molar refractivity (Wildman–Crippen MR) is 73.3 cm³/mol. The second-order valence-corrected chi connectivity index (χ2v) is 5.08. The molecule has 1 aliphatic heterocycles. The fourth-order valence-corrected chi connectivity index (χ4v) is 2.13. The number of non-ortho nitro benzene ring substituents is 1. The van der Waals surface area contributed by atoms with Crippen LogP contribution in [0.3, 0.4) is 0 Å². The first-order valence-corrected chi connectivity index (χ1v) is 6.27. The monoisotopic (exact) mass is 278 g/mol. The van der Waals surface area contributed by atoms with Gasteiger partial charge in [0.15, 0.2) is 5.17 Å². The van der Waals surface area contributed by atoms with Crippen molar-refractivity contribution in [2.75, 3.05) is 0 Å². The molecule has 7 nitrogen and oxygen atoms in total. The van der Waals surface area contributed by atoms with E-state index in [9.17, 15) is 14.9 Å². The summed E-state index contributed by atoms with van der Waals surface area (Å²) in [4.78, 5) is 21.3. The lowest BCUT2D eigenvalue weighted by atomic mass is 10.2. The van der Waals surface area contributed by atoms with Gasteiger partial charge in [0.1, 0.15) is 0 Å². The number of hydrogen-bond acceptors (Lipinski definition) is 6. The van der Waals surface area contributed by atoms with E-state index in [0.29, 0.717) is 10.7 Å². The Morgan fingerprint density at radius 2 is 2.32 bits per heavy atom. The Bertz CT molecular complexity index is 585. The maximum atomic E-state index is 11.2. The van der Waals surface area contributed by atoms with E-state index < -0.39 is 4.92 Å². The molecule has 98 valence electrons. The van der Waals surface area contributed by atoms with Crippen molar-refractivity contribution in [3.05, 3.63) is 39.9 Å². The number of nitrogens with one attached hydrogen (secondary N) is 1. The molecule has 0 saturated carbocycles. The van der Waals surface area contributed by atoms with E-state index in [1.807, 2.05) is 0 Å². The van der Waals surface area contributed by atoms with Crippen molar-refractivity contribution in [1.29, 1.82) is 0 Å². The Hall–Kier alpha value is -2.22. The summed E-state index contributed by atoms with van der Waals surface area (Å²) >= 11 is 1.28. The van der Waals surface area contributed by atoms with Crippen molar-refractivity contribution in [2.45, 2.75) is 12.2 Å². The molecule has 1 aliphatic rings. The lowest BCUT2D eigenvalue weighted by Crippen LogP contribution is -2.23. The Kier molecular flexibility index (Phi) is 3.91. The van der Waals surface area contributed by atoms with Gasteiger partial charge in [0.2, 0.25) is 5.91 Å². The van der Waals surface area contributed by atoms with Crippen LogP contribution < -0.4 is 5.32 Å². The number of amides is 1. The lowest BCUT2D eigenvalue weighted by molar-refractivity contribution is -0.384. The van der Waals surface area contributed by atoms with Gasteiger partial charge < -0.3 is 5.32 Å². The van der Waals surface area contributed by atoms with Crippen molar-refractivity contribution in [3.63, 3.8) is 0 Å². The molecule has 1 N–H and O–H groups in total. The number of carbonyl (C=O) groups excluding carboxylic acids is 1. The van der Waals surface area contributed by atoms with Gasteiger partial charge in [-0.25, -0.2) is 0 Å². The van der Waals surface area contributed by atoms with E-state index >= 15 is 0 Å². The molecule has 1 aromatic carbocycles. The summed E-state index contributed by atoms with van der Waals surface area (Å²) in [5.74, 6) is -0.103. The fourth-order valence-electron chi connectivity index (χ4n) is 1.37. The third kappa shape index (κ3) is 3.38. The number of nitrogens with zero attached hydrogens (tertiary/aromatic N) is 3. The van der Waals surface area contributed by atoms with Crippen LogP contribution in [0.1, 0.15) is 12.5 Å². The third-order valence-electron chi connectivity index (χ3n) is 2.32. The van der Waals surface area contributed by atoms with Gasteiger partial charge in [-0.3, -0.25) is 14.9 Å². The number of nitro benzene ring substituents is 1. The first-order valence-electron chi connectivity index (χ1n) is 5.39. The van der Waals surface area contributed by atoms with Crippen molar-refractivity contribution in [2.24, 2.45) is 10.2 Å². The fraction of sp³-hybridized carbons (Fsp3) is 0.182. The molecule has 1 unspecified atom stereocenters. The zero-order chi connectivity index (χ0) is 13.8. The van der Waals surface area contributed by atoms with Crippen LogP contribution in [0.5, 0.6) is 0 Å². The number of nitro groups is 1. The first kappa shape index (κ1) is 13.2. The van der Waals surface area contributed by atoms with E-state index in [1.165, 1.54) is 30.1 Å². The average Bonchev–Trinajstić information content (AvgIpc) is 2.69. The smallest absolute Gasteiger partial charge is 0.270 e. The molecule has 2 rings (SSSR count). The normalized spacial score (nSPS) is 21.0. The maximum absolute atomic E-state index is 11.2. The molecule has 1 fully saturated rings. The van der Waals surface area contributed by atoms with Crippen LogP contribution in [0.15, 0.2) is 34.5 Å². The molecule has 1 atom stereocenters. The van der Waals surface area contributed by atoms with Crippen LogP contribution in [-0.4, -0.2) is 27.5 Å². The molecular weight excluding hydrogens is 268 g/mol. The minimum absolute atomic E-state index is 0.00577. The van der Waals surface area contributed by atoms with Crippen LogP contribution in [0, 0.1) is 10.1 Å². The van der Waals surface area contributed by atoms with E-state index in [2.05, 4.69) is 15.5 Å². The molecule has 8 heteroatoms. The second-order valence-electron chi connectivity index (χ2n) is 3.75. The zero-order valence-corrected chi connectivity index (χ0v) is 10.8. The van der Waals surface area contributed by atoms with Gasteiger partial charge in [-0.05, 0) is 6.92 Å². The van der Waals surface area contributed by atoms with E-state index in [-0.39, 0.29) is 16.8 Å². The quantitative estimate of drug-likeness (QED) is 0.515. The van der Waals surface area contributed by atoms with Gasteiger partial charge >= 0.3 is 0 Å². The van der Waals surface area contributed by atoms with Gasteiger partial charge in [0.25, 0.3) is 5.69 Å². The molecule has 1 heterocycles. The largest absolute Gasteiger partial charge is 0.303 e. The zero-order valence-electron chi connectivity index (χ0n) is 9.94. The summed E-state index contributed by atoms with van der Waals surface area (Å²) < 4.78 is 0. The summed E-state index contributed by atoms with van der Waals surface area (Å²) in [6, 6.07) is 6.05. The highest BCUT2D eigenvalue weighted by Crippen LogP contribution is 2.18. The molecule has 0 aromatic heterocycles. The number of thioether (sulfide) groups is 1. The van der Waals surface area contributed by atoms with Crippen molar-refractivity contribution >= 4 is 34.7 Å². The van der Waals surface area contributed by atoms with Gasteiger partial charge in [0, 0.05) is 17.7 Å². The second kappa shape index (κ2) is 5.61. The number of hydrogen-bond donors (Lipinski definition) is 1. The summed E-state index contributed by atoms with van der Waals surface area (Å²) in [6.07, 6.45) is 1.40. The van der Waals surface area contributed by atoms with Crippen molar-refractivity contribution in [3.8, 4) is 0 Å². The van der Waals surface area contributed by atoms with Crippen LogP contribution >= 0.6 is 11.8 Å². The van der Waals surface area contributed by atoms with Crippen LogP contribution in [-0.2, 0) is 4.79 Å². The van der Waals surface area contributed by atoms with Crippen molar-refractivity contribution < 1.29 is 9.72 Å². The highest BCUT2D eigenvalue weighted by atomic mass is 32.2. The standard InChI is InChI=1S/C11H10N4O3S/c1-7-10(16)13-11(19-7)14-12-6-8-3-2-4-9(5-8)15(17)18/h2-7H,1H3,(H,13,14,16). The Morgan fingerprint density at radius 1 is 1.53 bits per heavy atom. The molecular formula is C11H10N4O3S. The Labute approximate surface area is 112 Å². The predicted octanol–water partition coefficient (Wildman–Crippen LogP) is 1.54. The lowest BCUT2D eigenvalue weighted by Gasteiger charge is -1.93. The molecule has 0 radical (unpaired) electrons. The third-order valence-corrected chi connectivity index (χ3v) is 3.30. The van der Waals surface area contributed by atoms with E-state index in [4.69, 9.17) is 0 Å². The average molecular weight is 278 g/mol. The first-order chi connectivity index (χ1) is 9.06. The van der Waals surface area contributed by atoms with Crippen LogP contribution in [0.25, 0.3) is 0 Å². The highest BCUT2D eigenvalue weighted by Gasteiger charge is 2.25. The van der Waals surface area contributed by atoms with E-state index in [1.54, 1.807) is 19.1 Å². The molecule has 0 bridgehead atoms. The minimum atomic E-state index is -0.474. The van der Waals surface area contributed by atoms with Gasteiger partial charge in [-0.15, -0.1) is 5.10 Å². The topological polar surface area (TPSA) is 97.0 Å². The van der Waals surface area contributed by atoms with E-state index in [0.717, 1.165) is 0 Å². The van der Waals surface area contributed by atoms with Crippen LogP contribution in [0.4, 0.5) is 5.69 Å². The summed E-state index contributed by atoms with van der Waals surface area (Å²) in [5, 5.41) is 21.1. The number of benzene rings is 1. The minimum Gasteiger partial charge on any atom is -0.303 e. The summed E-state index contributed by atoms with van der Waals surface area (Å²) in [6.45, 7) is 1.77.